The summed E-state index contributed by atoms with van der Waals surface area (Å²) in [5.41, 5.74) is 3.21. The molecular formula is C21H25N5O. The first-order valence-electron chi connectivity index (χ1n) is 10.1. The maximum absolute atomic E-state index is 13.3. The van der Waals surface area contributed by atoms with Gasteiger partial charge in [0.2, 0.25) is 0 Å². The molecule has 2 aromatic rings. The van der Waals surface area contributed by atoms with Gasteiger partial charge in [0.05, 0.1) is 11.8 Å². The van der Waals surface area contributed by atoms with Crippen molar-refractivity contribution in [2.45, 2.75) is 44.6 Å². The van der Waals surface area contributed by atoms with Gasteiger partial charge in [0.25, 0.3) is 5.91 Å². The number of amides is 1. The summed E-state index contributed by atoms with van der Waals surface area (Å²) >= 11 is 0. The molecule has 6 rings (SSSR count). The van der Waals surface area contributed by atoms with E-state index < -0.39 is 0 Å². The van der Waals surface area contributed by atoms with Gasteiger partial charge in [-0.05, 0) is 56.1 Å². The first kappa shape index (κ1) is 16.7. The second-order valence-corrected chi connectivity index (χ2v) is 8.06. The Kier molecular flexibility index (Phi) is 4.26. The van der Waals surface area contributed by atoms with Crippen molar-refractivity contribution in [1.29, 1.82) is 0 Å². The van der Waals surface area contributed by atoms with Crippen molar-refractivity contribution in [2.24, 2.45) is 5.92 Å². The highest BCUT2D eigenvalue weighted by molar-refractivity contribution is 5.94. The quantitative estimate of drug-likeness (QED) is 0.820. The van der Waals surface area contributed by atoms with Crippen molar-refractivity contribution in [2.75, 3.05) is 24.5 Å². The fourth-order valence-corrected chi connectivity index (χ4v) is 4.84. The predicted molar refractivity (Wildman–Crippen MR) is 103 cm³/mol. The normalized spacial score (nSPS) is 24.4. The molecule has 0 spiro atoms. The third-order valence-electron chi connectivity index (χ3n) is 6.26. The first-order chi connectivity index (χ1) is 13.3. The lowest BCUT2D eigenvalue weighted by molar-refractivity contribution is 0.0591. The number of nitrogens with zero attached hydrogens (tertiary/aromatic N) is 5. The zero-order chi connectivity index (χ0) is 18.2. The molecule has 6 heteroatoms. The van der Waals surface area contributed by atoms with Crippen molar-refractivity contribution in [1.82, 2.24) is 19.9 Å². The molecule has 1 aliphatic carbocycles. The number of hydrogen-bond donors (Lipinski definition) is 0. The van der Waals surface area contributed by atoms with Gasteiger partial charge >= 0.3 is 0 Å². The van der Waals surface area contributed by atoms with Crippen LogP contribution in [0.25, 0.3) is 0 Å². The van der Waals surface area contributed by atoms with E-state index in [0.717, 1.165) is 50.3 Å². The van der Waals surface area contributed by atoms with Crippen LogP contribution in [0.1, 0.15) is 47.3 Å². The lowest BCUT2D eigenvalue weighted by Gasteiger charge is -2.36. The number of rotatable bonds is 2. The lowest BCUT2D eigenvalue weighted by atomic mass is 9.93. The second-order valence-electron chi connectivity index (χ2n) is 8.06. The molecular weight excluding hydrogens is 338 g/mol. The van der Waals surface area contributed by atoms with Gasteiger partial charge < -0.3 is 9.80 Å². The maximum Gasteiger partial charge on any atom is 0.255 e. The van der Waals surface area contributed by atoms with Gasteiger partial charge in [-0.25, -0.2) is 4.98 Å². The molecule has 3 fully saturated rings. The highest BCUT2D eigenvalue weighted by Gasteiger charge is 2.38. The van der Waals surface area contributed by atoms with E-state index in [9.17, 15) is 4.79 Å². The summed E-state index contributed by atoms with van der Waals surface area (Å²) in [7, 11) is 0. The lowest BCUT2D eigenvalue weighted by Crippen LogP contribution is -2.47. The monoisotopic (exact) mass is 363 g/mol. The van der Waals surface area contributed by atoms with Crippen molar-refractivity contribution in [3.63, 3.8) is 0 Å². The number of aryl methyl sites for hydroxylation is 2. The number of hydrogen-bond acceptors (Lipinski definition) is 5. The molecule has 5 heterocycles. The number of pyridine rings is 1. The largest absolute Gasteiger partial charge is 0.353 e. The first-order valence-corrected chi connectivity index (χ1v) is 10.1. The molecule has 2 atom stereocenters. The summed E-state index contributed by atoms with van der Waals surface area (Å²) in [5.74, 6) is 1.55. The van der Waals surface area contributed by atoms with Gasteiger partial charge in [0, 0.05) is 50.0 Å². The predicted octanol–water partition coefficient (Wildman–Crippen LogP) is 2.49. The molecule has 140 valence electrons. The van der Waals surface area contributed by atoms with E-state index in [1.54, 1.807) is 18.6 Å². The van der Waals surface area contributed by atoms with E-state index in [0.29, 0.717) is 5.92 Å². The molecule has 6 nitrogen and oxygen atoms in total. The van der Waals surface area contributed by atoms with Crippen LogP contribution in [-0.4, -0.2) is 51.4 Å². The van der Waals surface area contributed by atoms with E-state index in [2.05, 4.69) is 30.8 Å². The Morgan fingerprint density at radius 1 is 1.00 bits per heavy atom. The van der Waals surface area contributed by atoms with E-state index in [4.69, 9.17) is 0 Å². The molecule has 3 saturated heterocycles. The molecule has 0 radical (unpaired) electrons. The Bertz CT molecular complexity index is 840. The fourth-order valence-electron chi connectivity index (χ4n) is 4.84. The Hall–Kier alpha value is -2.50. The molecule has 0 aromatic carbocycles. The second kappa shape index (κ2) is 6.91. The van der Waals surface area contributed by atoms with Gasteiger partial charge in [-0.2, -0.15) is 0 Å². The third kappa shape index (κ3) is 3.17. The number of anilines is 1. The van der Waals surface area contributed by atoms with Crippen LogP contribution in [-0.2, 0) is 12.8 Å². The van der Waals surface area contributed by atoms with Crippen molar-refractivity contribution in [3.8, 4) is 0 Å². The van der Waals surface area contributed by atoms with Crippen LogP contribution in [0, 0.1) is 5.92 Å². The van der Waals surface area contributed by atoms with E-state index in [1.807, 2.05) is 6.20 Å². The zero-order valence-electron chi connectivity index (χ0n) is 15.5. The number of carbonyl (C=O) groups is 1. The van der Waals surface area contributed by atoms with Gasteiger partial charge in [0.1, 0.15) is 5.82 Å². The molecule has 2 aromatic heterocycles. The maximum atomic E-state index is 13.3. The molecule has 4 aliphatic rings. The van der Waals surface area contributed by atoms with Crippen LogP contribution in [0.4, 0.5) is 5.82 Å². The average molecular weight is 363 g/mol. The molecule has 3 aliphatic heterocycles. The van der Waals surface area contributed by atoms with Crippen molar-refractivity contribution in [3.05, 3.63) is 47.7 Å². The summed E-state index contributed by atoms with van der Waals surface area (Å²) in [6.45, 7) is 2.61. The number of fused-ring (bicyclic) bond motifs is 5. The van der Waals surface area contributed by atoms with Crippen LogP contribution in [0.15, 0.2) is 30.9 Å². The van der Waals surface area contributed by atoms with E-state index in [1.165, 1.54) is 30.5 Å². The molecule has 2 bridgehead atoms. The van der Waals surface area contributed by atoms with Crippen LogP contribution in [0.2, 0.25) is 0 Å². The average Bonchev–Trinajstić information content (AvgIpc) is 3.06. The van der Waals surface area contributed by atoms with Crippen LogP contribution in [0.5, 0.6) is 0 Å². The topological polar surface area (TPSA) is 62.2 Å². The van der Waals surface area contributed by atoms with Gasteiger partial charge in [-0.3, -0.25) is 14.8 Å². The standard InChI is InChI=1S/C21H25N5O/c27-21(17-9-16-3-1-2-4-19(16)24-10-17)26-13-15-5-6-18(26)14-25(12-15)20-11-22-7-8-23-20/h7-11,15,18H,1-6,12-14H2/t15-,18+/m0/s1. The summed E-state index contributed by atoms with van der Waals surface area (Å²) in [5, 5.41) is 0. The van der Waals surface area contributed by atoms with E-state index in [-0.39, 0.29) is 11.9 Å². The number of carbonyl (C=O) groups excluding carboxylic acids is 1. The Morgan fingerprint density at radius 2 is 1.93 bits per heavy atom. The molecule has 27 heavy (non-hydrogen) atoms. The van der Waals surface area contributed by atoms with Crippen molar-refractivity contribution < 1.29 is 4.79 Å². The molecule has 0 N–H and O–H groups in total. The smallest absolute Gasteiger partial charge is 0.255 e. The number of aromatic nitrogens is 3. The Labute approximate surface area is 159 Å². The summed E-state index contributed by atoms with van der Waals surface area (Å²) in [6.07, 6.45) is 13.8. The minimum absolute atomic E-state index is 0.145. The molecule has 0 unspecified atom stereocenters. The van der Waals surface area contributed by atoms with Crippen LogP contribution >= 0.6 is 0 Å². The number of piperidine rings is 1. The van der Waals surface area contributed by atoms with Gasteiger partial charge in [-0.1, -0.05) is 0 Å². The fraction of sp³-hybridized carbons (Fsp3) is 0.524. The van der Waals surface area contributed by atoms with Gasteiger partial charge in [0.15, 0.2) is 0 Å². The molecule has 0 saturated carbocycles. The highest BCUT2D eigenvalue weighted by Crippen LogP contribution is 2.31. The van der Waals surface area contributed by atoms with E-state index >= 15 is 0 Å². The van der Waals surface area contributed by atoms with Crippen LogP contribution in [0.3, 0.4) is 0 Å². The zero-order valence-corrected chi connectivity index (χ0v) is 15.5. The SMILES string of the molecule is O=C(c1cnc2c(c1)CCCC2)N1C[C@H]2CC[C@@H]1CN(c1cnccn1)C2. The summed E-state index contributed by atoms with van der Waals surface area (Å²) in [4.78, 5) is 31.0. The van der Waals surface area contributed by atoms with Crippen LogP contribution < -0.4 is 4.90 Å². The highest BCUT2D eigenvalue weighted by atomic mass is 16.2. The van der Waals surface area contributed by atoms with Gasteiger partial charge in [-0.15, -0.1) is 0 Å². The molecule has 1 amide bonds. The third-order valence-corrected chi connectivity index (χ3v) is 6.26. The summed E-state index contributed by atoms with van der Waals surface area (Å²) < 4.78 is 0. The minimum Gasteiger partial charge on any atom is -0.353 e. The minimum atomic E-state index is 0.145. The Morgan fingerprint density at radius 3 is 2.81 bits per heavy atom. The Balaban J connectivity index is 1.39. The summed E-state index contributed by atoms with van der Waals surface area (Å²) in [6, 6.07) is 2.33. The van der Waals surface area contributed by atoms with Crippen molar-refractivity contribution >= 4 is 11.7 Å².